The second-order valence-corrected chi connectivity index (χ2v) is 6.44. The zero-order valence-electron chi connectivity index (χ0n) is 10.7. The summed E-state index contributed by atoms with van der Waals surface area (Å²) in [5.41, 5.74) is 0. The van der Waals surface area contributed by atoms with Crippen molar-refractivity contribution in [1.29, 1.82) is 0 Å². The van der Waals surface area contributed by atoms with Gasteiger partial charge in [-0.15, -0.1) is 0 Å². The molecule has 2 rings (SSSR count). The van der Waals surface area contributed by atoms with E-state index in [0.29, 0.717) is 0 Å². The Hall–Kier alpha value is 0.270. The lowest BCUT2D eigenvalue weighted by molar-refractivity contribution is 0.149. The van der Waals surface area contributed by atoms with Crippen LogP contribution >= 0.6 is 11.8 Å². The van der Waals surface area contributed by atoms with Crippen molar-refractivity contribution in [1.82, 2.24) is 10.2 Å². The van der Waals surface area contributed by atoms with Gasteiger partial charge in [0.25, 0.3) is 0 Å². The molecular formula is C13H26N2S. The molecule has 2 fully saturated rings. The highest BCUT2D eigenvalue weighted by atomic mass is 32.2. The number of thioether (sulfide) groups is 1. The summed E-state index contributed by atoms with van der Waals surface area (Å²) in [6, 6.07) is 2.41. The summed E-state index contributed by atoms with van der Waals surface area (Å²) in [5.74, 6) is 2.65. The molecular weight excluding hydrogens is 216 g/mol. The summed E-state index contributed by atoms with van der Waals surface area (Å²) >= 11 is 2.12. The molecule has 0 bridgehead atoms. The summed E-state index contributed by atoms with van der Waals surface area (Å²) in [6.45, 7) is 7.22. The van der Waals surface area contributed by atoms with Gasteiger partial charge in [-0.2, -0.15) is 11.8 Å². The maximum atomic E-state index is 3.71. The van der Waals surface area contributed by atoms with Crippen molar-refractivity contribution in [3.63, 3.8) is 0 Å². The van der Waals surface area contributed by atoms with Gasteiger partial charge in [0, 0.05) is 42.7 Å². The number of rotatable bonds is 6. The molecule has 2 nitrogen and oxygen atoms in total. The number of hydrogen-bond acceptors (Lipinski definition) is 3. The van der Waals surface area contributed by atoms with Crippen LogP contribution in [0.1, 0.15) is 39.5 Å². The van der Waals surface area contributed by atoms with Crippen LogP contribution in [0.5, 0.6) is 0 Å². The van der Waals surface area contributed by atoms with Gasteiger partial charge in [-0.25, -0.2) is 0 Å². The third-order valence-corrected chi connectivity index (χ3v) is 4.92. The van der Waals surface area contributed by atoms with Crippen molar-refractivity contribution < 1.29 is 0 Å². The Balaban J connectivity index is 1.82. The van der Waals surface area contributed by atoms with Gasteiger partial charge in [0.05, 0.1) is 0 Å². The SMILES string of the molecule is CCCC(CNC1CC1)N1CCSCC1C. The van der Waals surface area contributed by atoms with E-state index >= 15 is 0 Å². The largest absolute Gasteiger partial charge is 0.312 e. The number of nitrogens with one attached hydrogen (secondary N) is 1. The molecule has 2 aliphatic rings. The molecule has 1 aliphatic carbocycles. The lowest BCUT2D eigenvalue weighted by atomic mass is 10.1. The Kier molecular flexibility index (Phi) is 4.98. The lowest BCUT2D eigenvalue weighted by Gasteiger charge is -2.39. The van der Waals surface area contributed by atoms with Crippen LogP contribution in [0, 0.1) is 0 Å². The molecule has 0 radical (unpaired) electrons. The van der Waals surface area contributed by atoms with Crippen LogP contribution in [0.3, 0.4) is 0 Å². The predicted octanol–water partition coefficient (Wildman–Crippen LogP) is 2.34. The smallest absolute Gasteiger partial charge is 0.0224 e. The molecule has 2 unspecified atom stereocenters. The summed E-state index contributed by atoms with van der Waals surface area (Å²) in [5, 5.41) is 3.71. The van der Waals surface area contributed by atoms with E-state index in [1.54, 1.807) is 0 Å². The van der Waals surface area contributed by atoms with Crippen LogP contribution in [-0.4, -0.2) is 47.6 Å². The summed E-state index contributed by atoms with van der Waals surface area (Å²) < 4.78 is 0. The van der Waals surface area contributed by atoms with E-state index < -0.39 is 0 Å². The van der Waals surface area contributed by atoms with Crippen molar-refractivity contribution >= 4 is 11.8 Å². The Morgan fingerprint density at radius 3 is 2.88 bits per heavy atom. The molecule has 3 heteroatoms. The standard InChI is InChI=1S/C13H26N2S/c1-3-4-13(9-14-12-5-6-12)15-7-8-16-10-11(15)2/h11-14H,3-10H2,1-2H3. The molecule has 0 aromatic rings. The second-order valence-electron chi connectivity index (χ2n) is 5.29. The van der Waals surface area contributed by atoms with E-state index in [-0.39, 0.29) is 0 Å². The third kappa shape index (κ3) is 3.64. The molecule has 2 atom stereocenters. The quantitative estimate of drug-likeness (QED) is 0.770. The Morgan fingerprint density at radius 1 is 1.44 bits per heavy atom. The van der Waals surface area contributed by atoms with Gasteiger partial charge < -0.3 is 5.32 Å². The van der Waals surface area contributed by atoms with Gasteiger partial charge in [0.2, 0.25) is 0 Å². The van der Waals surface area contributed by atoms with Crippen molar-refractivity contribution in [3.05, 3.63) is 0 Å². The fourth-order valence-corrected chi connectivity index (χ4v) is 3.63. The molecule has 1 heterocycles. The minimum absolute atomic E-state index is 0.774. The molecule has 1 N–H and O–H groups in total. The first-order valence-corrected chi connectivity index (χ1v) is 8.03. The molecule has 16 heavy (non-hydrogen) atoms. The highest BCUT2D eigenvalue weighted by Crippen LogP contribution is 2.22. The summed E-state index contributed by atoms with van der Waals surface area (Å²) in [4.78, 5) is 2.75. The van der Waals surface area contributed by atoms with Crippen molar-refractivity contribution in [2.45, 2.75) is 57.7 Å². The van der Waals surface area contributed by atoms with Crippen LogP contribution < -0.4 is 5.32 Å². The average molecular weight is 242 g/mol. The number of nitrogens with zero attached hydrogens (tertiary/aromatic N) is 1. The van der Waals surface area contributed by atoms with Crippen LogP contribution in [-0.2, 0) is 0 Å². The van der Waals surface area contributed by atoms with Crippen LogP contribution in [0.25, 0.3) is 0 Å². The first-order valence-electron chi connectivity index (χ1n) is 6.88. The van der Waals surface area contributed by atoms with E-state index in [2.05, 4.69) is 35.8 Å². The molecule has 0 amide bonds. The Morgan fingerprint density at radius 2 is 2.25 bits per heavy atom. The van der Waals surface area contributed by atoms with E-state index in [9.17, 15) is 0 Å². The summed E-state index contributed by atoms with van der Waals surface area (Å²) in [6.07, 6.45) is 5.48. The topological polar surface area (TPSA) is 15.3 Å². The van der Waals surface area contributed by atoms with Crippen LogP contribution in [0.4, 0.5) is 0 Å². The Bertz CT molecular complexity index is 206. The van der Waals surface area contributed by atoms with Crippen molar-refractivity contribution in [3.8, 4) is 0 Å². The predicted molar refractivity (Wildman–Crippen MR) is 73.2 cm³/mol. The van der Waals surface area contributed by atoms with Crippen LogP contribution in [0.15, 0.2) is 0 Å². The fourth-order valence-electron chi connectivity index (χ4n) is 2.59. The van der Waals surface area contributed by atoms with E-state index in [4.69, 9.17) is 0 Å². The van der Waals surface area contributed by atoms with E-state index in [0.717, 1.165) is 18.1 Å². The average Bonchev–Trinajstić information content (AvgIpc) is 3.09. The molecule has 94 valence electrons. The summed E-state index contributed by atoms with van der Waals surface area (Å²) in [7, 11) is 0. The zero-order valence-corrected chi connectivity index (χ0v) is 11.6. The lowest BCUT2D eigenvalue weighted by Crippen LogP contribution is -2.51. The highest BCUT2D eigenvalue weighted by molar-refractivity contribution is 7.99. The fraction of sp³-hybridized carbons (Fsp3) is 1.00. The zero-order chi connectivity index (χ0) is 11.4. The monoisotopic (exact) mass is 242 g/mol. The number of hydrogen-bond donors (Lipinski definition) is 1. The van der Waals surface area contributed by atoms with Gasteiger partial charge in [0.15, 0.2) is 0 Å². The first-order chi connectivity index (χ1) is 7.81. The third-order valence-electron chi connectivity index (χ3n) is 3.73. The molecule has 0 spiro atoms. The first kappa shape index (κ1) is 12.7. The normalized spacial score (nSPS) is 29.2. The van der Waals surface area contributed by atoms with Crippen molar-refractivity contribution in [2.24, 2.45) is 0 Å². The second kappa shape index (κ2) is 6.27. The molecule has 1 saturated heterocycles. The van der Waals surface area contributed by atoms with Gasteiger partial charge >= 0.3 is 0 Å². The Labute approximate surface area is 105 Å². The molecule has 1 saturated carbocycles. The van der Waals surface area contributed by atoms with E-state index in [1.807, 2.05) is 0 Å². The maximum absolute atomic E-state index is 3.71. The maximum Gasteiger partial charge on any atom is 0.0224 e. The minimum atomic E-state index is 0.774. The van der Waals surface area contributed by atoms with Gasteiger partial charge in [-0.3, -0.25) is 4.90 Å². The molecule has 1 aliphatic heterocycles. The van der Waals surface area contributed by atoms with Gasteiger partial charge in [0.1, 0.15) is 0 Å². The van der Waals surface area contributed by atoms with Crippen molar-refractivity contribution in [2.75, 3.05) is 24.6 Å². The van der Waals surface area contributed by atoms with Gasteiger partial charge in [-0.05, 0) is 26.2 Å². The highest BCUT2D eigenvalue weighted by Gasteiger charge is 2.28. The minimum Gasteiger partial charge on any atom is -0.312 e. The molecule has 0 aromatic carbocycles. The van der Waals surface area contributed by atoms with Gasteiger partial charge in [-0.1, -0.05) is 13.3 Å². The van der Waals surface area contributed by atoms with E-state index in [1.165, 1.54) is 50.3 Å². The molecule has 0 aromatic heterocycles. The van der Waals surface area contributed by atoms with Crippen LogP contribution in [0.2, 0.25) is 0 Å².